The van der Waals surface area contributed by atoms with Crippen molar-refractivity contribution < 1.29 is 9.47 Å². The number of aromatic amines is 1. The summed E-state index contributed by atoms with van der Waals surface area (Å²) in [5.41, 5.74) is 1.07. The minimum Gasteiger partial charge on any atom is -0.383 e. The number of rotatable bonds is 8. The maximum absolute atomic E-state index is 5.24. The van der Waals surface area contributed by atoms with E-state index in [2.05, 4.69) is 15.3 Å². The van der Waals surface area contributed by atoms with Crippen LogP contribution in [0.4, 0.5) is 0 Å². The number of hydrogen-bond acceptors (Lipinski definition) is 4. The Hall–Kier alpha value is -0.910. The van der Waals surface area contributed by atoms with E-state index in [1.165, 1.54) is 0 Å². The molecule has 0 fully saturated rings. The summed E-state index contributed by atoms with van der Waals surface area (Å²) in [5, 5.41) is 3.23. The first-order chi connectivity index (χ1) is 7.36. The van der Waals surface area contributed by atoms with E-state index in [-0.39, 0.29) is 0 Å². The van der Waals surface area contributed by atoms with Gasteiger partial charge in [0.15, 0.2) is 0 Å². The molecule has 15 heavy (non-hydrogen) atoms. The molecule has 0 aliphatic heterocycles. The van der Waals surface area contributed by atoms with Crippen molar-refractivity contribution in [3.63, 3.8) is 0 Å². The van der Waals surface area contributed by atoms with Crippen molar-refractivity contribution in [1.29, 1.82) is 0 Å². The summed E-state index contributed by atoms with van der Waals surface area (Å²) in [5.74, 6) is 0.875. The zero-order valence-corrected chi connectivity index (χ0v) is 9.38. The number of ether oxygens (including phenoxy) is 2. The molecule has 0 aromatic carbocycles. The van der Waals surface area contributed by atoms with Crippen molar-refractivity contribution in [1.82, 2.24) is 15.3 Å². The highest BCUT2D eigenvalue weighted by Crippen LogP contribution is 1.98. The zero-order chi connectivity index (χ0) is 10.9. The molecule has 1 rings (SSSR count). The summed E-state index contributed by atoms with van der Waals surface area (Å²) < 4.78 is 10.2. The van der Waals surface area contributed by atoms with E-state index < -0.39 is 0 Å². The second-order valence-corrected chi connectivity index (χ2v) is 3.16. The number of H-pyrrole nitrogens is 1. The Morgan fingerprint density at radius 3 is 3.13 bits per heavy atom. The minimum atomic E-state index is 0.550. The van der Waals surface area contributed by atoms with Gasteiger partial charge in [0.1, 0.15) is 12.4 Å². The molecule has 0 aliphatic carbocycles. The van der Waals surface area contributed by atoms with Crippen LogP contribution in [0.25, 0.3) is 0 Å². The van der Waals surface area contributed by atoms with E-state index >= 15 is 0 Å². The predicted octanol–water partition coefficient (Wildman–Crippen LogP) is 0.682. The van der Waals surface area contributed by atoms with Gasteiger partial charge in [-0.1, -0.05) is 0 Å². The standard InChI is InChI=1S/C10H19N3O2/c1-3-15-8-10-12-7-9(13-10)6-11-4-5-14-2/h7,11H,3-6,8H2,1-2H3,(H,12,13). The Morgan fingerprint density at radius 2 is 2.40 bits per heavy atom. The van der Waals surface area contributed by atoms with Crippen LogP contribution in [0.15, 0.2) is 6.20 Å². The molecule has 5 heteroatoms. The Morgan fingerprint density at radius 1 is 1.53 bits per heavy atom. The van der Waals surface area contributed by atoms with E-state index in [0.29, 0.717) is 13.2 Å². The number of aromatic nitrogens is 2. The summed E-state index contributed by atoms with van der Waals surface area (Å²) in [4.78, 5) is 7.39. The van der Waals surface area contributed by atoms with Gasteiger partial charge in [0.25, 0.3) is 0 Å². The fraction of sp³-hybridized carbons (Fsp3) is 0.700. The van der Waals surface area contributed by atoms with Crippen molar-refractivity contribution in [2.24, 2.45) is 0 Å². The van der Waals surface area contributed by atoms with Gasteiger partial charge in [-0.25, -0.2) is 4.98 Å². The molecule has 0 unspecified atom stereocenters. The molecule has 1 heterocycles. The average molecular weight is 213 g/mol. The van der Waals surface area contributed by atoms with Crippen LogP contribution in [0.5, 0.6) is 0 Å². The van der Waals surface area contributed by atoms with Crippen molar-refractivity contribution >= 4 is 0 Å². The van der Waals surface area contributed by atoms with Crippen LogP contribution in [-0.4, -0.2) is 36.8 Å². The van der Waals surface area contributed by atoms with Gasteiger partial charge < -0.3 is 19.8 Å². The predicted molar refractivity (Wildman–Crippen MR) is 57.5 cm³/mol. The lowest BCUT2D eigenvalue weighted by molar-refractivity contribution is 0.129. The van der Waals surface area contributed by atoms with Crippen molar-refractivity contribution in [2.45, 2.75) is 20.1 Å². The van der Waals surface area contributed by atoms with Gasteiger partial charge in [0.05, 0.1) is 6.61 Å². The third kappa shape index (κ3) is 4.92. The molecule has 1 aromatic rings. The fourth-order valence-electron chi connectivity index (χ4n) is 1.16. The van der Waals surface area contributed by atoms with Gasteiger partial charge in [0.2, 0.25) is 0 Å². The molecular weight excluding hydrogens is 194 g/mol. The molecule has 0 atom stereocenters. The number of nitrogens with one attached hydrogen (secondary N) is 2. The van der Waals surface area contributed by atoms with Crippen LogP contribution in [0.3, 0.4) is 0 Å². The van der Waals surface area contributed by atoms with Gasteiger partial charge in [-0.05, 0) is 6.92 Å². The SMILES string of the molecule is CCOCc1ncc(CNCCOC)[nH]1. The molecule has 0 aliphatic rings. The Balaban J connectivity index is 2.20. The monoisotopic (exact) mass is 213 g/mol. The molecule has 0 saturated carbocycles. The first-order valence-corrected chi connectivity index (χ1v) is 5.17. The first-order valence-electron chi connectivity index (χ1n) is 5.17. The maximum Gasteiger partial charge on any atom is 0.132 e. The van der Waals surface area contributed by atoms with Crippen LogP contribution in [0.1, 0.15) is 18.4 Å². The summed E-state index contributed by atoms with van der Waals surface area (Å²) in [6.07, 6.45) is 1.83. The number of imidazole rings is 1. The molecule has 0 saturated heterocycles. The maximum atomic E-state index is 5.24. The fourth-order valence-corrected chi connectivity index (χ4v) is 1.16. The van der Waals surface area contributed by atoms with Gasteiger partial charge >= 0.3 is 0 Å². The molecule has 0 spiro atoms. The lowest BCUT2D eigenvalue weighted by atomic mass is 10.4. The number of methoxy groups -OCH3 is 1. The normalized spacial score (nSPS) is 10.8. The van der Waals surface area contributed by atoms with Crippen molar-refractivity contribution in [3.8, 4) is 0 Å². The summed E-state index contributed by atoms with van der Waals surface area (Å²) in [7, 11) is 1.69. The van der Waals surface area contributed by atoms with E-state index in [9.17, 15) is 0 Å². The largest absolute Gasteiger partial charge is 0.383 e. The van der Waals surface area contributed by atoms with E-state index in [1.807, 2.05) is 13.1 Å². The van der Waals surface area contributed by atoms with Crippen molar-refractivity contribution in [3.05, 3.63) is 17.7 Å². The second kappa shape index (κ2) is 7.39. The highest BCUT2D eigenvalue weighted by atomic mass is 16.5. The second-order valence-electron chi connectivity index (χ2n) is 3.16. The van der Waals surface area contributed by atoms with Gasteiger partial charge in [0, 0.05) is 38.7 Å². The number of hydrogen-bond donors (Lipinski definition) is 2. The molecule has 0 amide bonds. The quantitative estimate of drug-likeness (QED) is 0.623. The highest BCUT2D eigenvalue weighted by molar-refractivity contribution is 5.00. The topological polar surface area (TPSA) is 59.2 Å². The third-order valence-corrected chi connectivity index (χ3v) is 1.92. The molecule has 1 aromatic heterocycles. The summed E-state index contributed by atoms with van der Waals surface area (Å²) >= 11 is 0. The number of nitrogens with zero attached hydrogens (tertiary/aromatic N) is 1. The van der Waals surface area contributed by atoms with Crippen molar-refractivity contribution in [2.75, 3.05) is 26.9 Å². The van der Waals surface area contributed by atoms with Crippen LogP contribution >= 0.6 is 0 Å². The lowest BCUT2D eigenvalue weighted by Crippen LogP contribution is -2.18. The molecule has 0 radical (unpaired) electrons. The highest BCUT2D eigenvalue weighted by Gasteiger charge is 1.99. The minimum absolute atomic E-state index is 0.550. The third-order valence-electron chi connectivity index (χ3n) is 1.92. The Kier molecular flexibility index (Phi) is 5.99. The summed E-state index contributed by atoms with van der Waals surface area (Å²) in [6.45, 7) is 5.57. The van der Waals surface area contributed by atoms with E-state index in [4.69, 9.17) is 9.47 Å². The average Bonchev–Trinajstić information content (AvgIpc) is 2.69. The first kappa shape index (κ1) is 12.2. The molecule has 5 nitrogen and oxygen atoms in total. The molecule has 0 bridgehead atoms. The van der Waals surface area contributed by atoms with Crippen LogP contribution in [0, 0.1) is 0 Å². The Bertz CT molecular complexity index is 263. The van der Waals surface area contributed by atoms with Gasteiger partial charge in [-0.15, -0.1) is 0 Å². The Labute approximate surface area is 90.2 Å². The van der Waals surface area contributed by atoms with Crippen LogP contribution in [0.2, 0.25) is 0 Å². The molecule has 86 valence electrons. The molecular formula is C10H19N3O2. The van der Waals surface area contributed by atoms with E-state index in [1.54, 1.807) is 7.11 Å². The van der Waals surface area contributed by atoms with Crippen LogP contribution < -0.4 is 5.32 Å². The smallest absolute Gasteiger partial charge is 0.132 e. The summed E-state index contributed by atoms with van der Waals surface area (Å²) in [6, 6.07) is 0. The van der Waals surface area contributed by atoms with Crippen LogP contribution in [-0.2, 0) is 22.6 Å². The molecule has 2 N–H and O–H groups in total. The lowest BCUT2D eigenvalue weighted by Gasteiger charge is -2.01. The van der Waals surface area contributed by atoms with Gasteiger partial charge in [-0.2, -0.15) is 0 Å². The van der Waals surface area contributed by atoms with E-state index in [0.717, 1.165) is 31.2 Å². The zero-order valence-electron chi connectivity index (χ0n) is 9.38. The van der Waals surface area contributed by atoms with Gasteiger partial charge in [-0.3, -0.25) is 0 Å².